The number of hydrogen-bond donors (Lipinski definition) is 2. The van der Waals surface area contributed by atoms with Crippen molar-refractivity contribution in [2.75, 3.05) is 5.32 Å². The fraction of sp³-hybridized carbons (Fsp3) is 0.150. The van der Waals surface area contributed by atoms with E-state index >= 15 is 0 Å². The van der Waals surface area contributed by atoms with E-state index in [1.165, 1.54) is 0 Å². The van der Waals surface area contributed by atoms with Gasteiger partial charge in [-0.3, -0.25) is 4.79 Å². The van der Waals surface area contributed by atoms with Crippen LogP contribution in [-0.4, -0.2) is 15.9 Å². The molecule has 1 heterocycles. The summed E-state index contributed by atoms with van der Waals surface area (Å²) < 4.78 is 0. The van der Waals surface area contributed by atoms with E-state index in [4.69, 9.17) is 12.2 Å². The molecule has 5 heteroatoms. The van der Waals surface area contributed by atoms with E-state index < -0.39 is 5.91 Å². The predicted octanol–water partition coefficient (Wildman–Crippen LogP) is 3.58. The molecule has 3 rings (SSSR count). The molecule has 0 unspecified atom stereocenters. The quantitative estimate of drug-likeness (QED) is 0.717. The molecule has 124 valence electrons. The number of rotatable bonds is 4. The van der Waals surface area contributed by atoms with Gasteiger partial charge in [0.05, 0.1) is 5.52 Å². The fourth-order valence-corrected chi connectivity index (χ4v) is 2.66. The van der Waals surface area contributed by atoms with Crippen molar-refractivity contribution in [2.45, 2.75) is 19.8 Å². The molecule has 2 aromatic carbocycles. The third kappa shape index (κ3) is 3.43. The number of terminal acetylenes is 1. The molecule has 3 N–H and O–H groups in total. The average Bonchev–Trinajstić information content (AvgIpc) is 2.61. The van der Waals surface area contributed by atoms with Gasteiger partial charge < -0.3 is 11.1 Å². The lowest BCUT2D eigenvalue weighted by atomic mass is 9.96. The van der Waals surface area contributed by atoms with Crippen molar-refractivity contribution in [3.63, 3.8) is 0 Å². The maximum absolute atomic E-state index is 11.6. The van der Waals surface area contributed by atoms with Crippen molar-refractivity contribution in [1.29, 1.82) is 0 Å². The Hall–Kier alpha value is -3.39. The van der Waals surface area contributed by atoms with Crippen LogP contribution < -0.4 is 11.1 Å². The molecule has 1 amide bonds. The molecule has 0 atom stereocenters. The minimum atomic E-state index is -0.429. The molecule has 0 saturated carbocycles. The van der Waals surface area contributed by atoms with Crippen LogP contribution in [0.25, 0.3) is 10.9 Å². The van der Waals surface area contributed by atoms with Gasteiger partial charge in [0.1, 0.15) is 0 Å². The van der Waals surface area contributed by atoms with Gasteiger partial charge in [0, 0.05) is 28.4 Å². The number of nitrogens with two attached hydrogens (primary N) is 1. The lowest BCUT2D eigenvalue weighted by Crippen LogP contribution is -2.14. The van der Waals surface area contributed by atoms with Crippen LogP contribution in [0.5, 0.6) is 0 Å². The standard InChI is InChI=1S/C20H18N4O/c1-4-13-5-8-18-14(9-13)11-22-20(24-18)23-15-6-7-16(19(21)25)17(10-15)12(2)3/h1,5-12H,2-3H3,(H2,21,25)(H,22,23,24). The van der Waals surface area contributed by atoms with E-state index in [1.807, 2.05) is 38.1 Å². The third-order valence-corrected chi connectivity index (χ3v) is 3.94. The van der Waals surface area contributed by atoms with Crippen molar-refractivity contribution < 1.29 is 4.79 Å². The second kappa shape index (κ2) is 6.62. The molecule has 3 aromatic rings. The fourth-order valence-electron chi connectivity index (χ4n) is 2.66. The van der Waals surface area contributed by atoms with E-state index in [-0.39, 0.29) is 5.92 Å². The highest BCUT2D eigenvalue weighted by Crippen LogP contribution is 2.25. The number of benzene rings is 2. The molecule has 5 nitrogen and oxygen atoms in total. The smallest absolute Gasteiger partial charge is 0.248 e. The molecule has 0 spiro atoms. The Morgan fingerprint density at radius 3 is 2.72 bits per heavy atom. The number of nitrogens with one attached hydrogen (secondary N) is 1. The number of carbonyl (C=O) groups excluding carboxylic acids is 1. The van der Waals surface area contributed by atoms with Crippen LogP contribution in [0.2, 0.25) is 0 Å². The molecule has 0 radical (unpaired) electrons. The first kappa shape index (κ1) is 16.5. The summed E-state index contributed by atoms with van der Waals surface area (Å²) in [6, 6.07) is 11.0. The van der Waals surface area contributed by atoms with E-state index in [2.05, 4.69) is 21.2 Å². The molecule has 0 aliphatic heterocycles. The minimum absolute atomic E-state index is 0.170. The Morgan fingerprint density at radius 1 is 1.24 bits per heavy atom. The summed E-state index contributed by atoms with van der Waals surface area (Å²) in [5, 5.41) is 4.05. The summed E-state index contributed by atoms with van der Waals surface area (Å²) in [7, 11) is 0. The third-order valence-electron chi connectivity index (χ3n) is 3.94. The molecule has 0 aliphatic carbocycles. The Bertz CT molecular complexity index is 1000. The van der Waals surface area contributed by atoms with Crippen LogP contribution in [0, 0.1) is 12.3 Å². The summed E-state index contributed by atoms with van der Waals surface area (Å²) in [5.74, 6) is 2.81. The monoisotopic (exact) mass is 330 g/mol. The number of nitrogens with zero attached hydrogens (tertiary/aromatic N) is 2. The molecule has 0 aliphatic rings. The van der Waals surface area contributed by atoms with E-state index in [0.29, 0.717) is 11.5 Å². The number of primary amides is 1. The number of aromatic nitrogens is 2. The van der Waals surface area contributed by atoms with Crippen LogP contribution in [0.1, 0.15) is 41.3 Å². The van der Waals surface area contributed by atoms with Crippen LogP contribution in [0.4, 0.5) is 11.6 Å². The van der Waals surface area contributed by atoms with Crippen LogP contribution >= 0.6 is 0 Å². The molecular weight excluding hydrogens is 312 g/mol. The molecule has 1 aromatic heterocycles. The van der Waals surface area contributed by atoms with Gasteiger partial charge in [0.15, 0.2) is 0 Å². The van der Waals surface area contributed by atoms with Gasteiger partial charge in [-0.05, 0) is 47.9 Å². The van der Waals surface area contributed by atoms with Crippen LogP contribution in [-0.2, 0) is 0 Å². The maximum Gasteiger partial charge on any atom is 0.248 e. The molecule has 0 fully saturated rings. The highest BCUT2D eigenvalue weighted by Gasteiger charge is 2.12. The number of fused-ring (bicyclic) bond motifs is 1. The summed E-state index contributed by atoms with van der Waals surface area (Å²) in [6.45, 7) is 4.03. The Morgan fingerprint density at radius 2 is 2.04 bits per heavy atom. The first-order valence-corrected chi connectivity index (χ1v) is 7.92. The zero-order valence-corrected chi connectivity index (χ0v) is 14.1. The van der Waals surface area contributed by atoms with Gasteiger partial charge >= 0.3 is 0 Å². The van der Waals surface area contributed by atoms with Gasteiger partial charge in [-0.2, -0.15) is 0 Å². The predicted molar refractivity (Wildman–Crippen MR) is 99.8 cm³/mol. The van der Waals surface area contributed by atoms with Crippen molar-refractivity contribution in [2.24, 2.45) is 5.73 Å². The second-order valence-electron chi connectivity index (χ2n) is 6.06. The van der Waals surface area contributed by atoms with Crippen molar-refractivity contribution >= 4 is 28.4 Å². The maximum atomic E-state index is 11.6. The molecule has 0 saturated heterocycles. The van der Waals surface area contributed by atoms with Crippen LogP contribution in [0.3, 0.4) is 0 Å². The van der Waals surface area contributed by atoms with Crippen LogP contribution in [0.15, 0.2) is 42.6 Å². The van der Waals surface area contributed by atoms with Crippen molar-refractivity contribution in [3.8, 4) is 12.3 Å². The highest BCUT2D eigenvalue weighted by atomic mass is 16.1. The van der Waals surface area contributed by atoms with E-state index in [1.54, 1.807) is 18.3 Å². The van der Waals surface area contributed by atoms with Crippen molar-refractivity contribution in [3.05, 3.63) is 59.3 Å². The number of amides is 1. The van der Waals surface area contributed by atoms with Crippen molar-refractivity contribution in [1.82, 2.24) is 9.97 Å². The SMILES string of the molecule is C#Cc1ccc2nc(Nc3ccc(C(N)=O)c(C(C)C)c3)ncc2c1. The number of hydrogen-bond acceptors (Lipinski definition) is 4. The Labute approximate surface area is 146 Å². The Kier molecular flexibility index (Phi) is 4.36. The second-order valence-corrected chi connectivity index (χ2v) is 6.06. The number of carbonyl (C=O) groups is 1. The van der Waals surface area contributed by atoms with Gasteiger partial charge in [-0.1, -0.05) is 19.8 Å². The molecular formula is C20H18N4O. The van der Waals surface area contributed by atoms with E-state index in [0.717, 1.165) is 27.7 Å². The lowest BCUT2D eigenvalue weighted by molar-refractivity contribution is 0.0999. The topological polar surface area (TPSA) is 80.9 Å². The summed E-state index contributed by atoms with van der Waals surface area (Å²) in [6.07, 6.45) is 7.14. The average molecular weight is 330 g/mol. The van der Waals surface area contributed by atoms with Gasteiger partial charge in [-0.15, -0.1) is 6.42 Å². The van der Waals surface area contributed by atoms with Gasteiger partial charge in [0.25, 0.3) is 0 Å². The molecule has 0 bridgehead atoms. The minimum Gasteiger partial charge on any atom is -0.366 e. The zero-order chi connectivity index (χ0) is 18.0. The van der Waals surface area contributed by atoms with Gasteiger partial charge in [0.2, 0.25) is 11.9 Å². The first-order valence-electron chi connectivity index (χ1n) is 7.92. The Balaban J connectivity index is 1.94. The summed E-state index contributed by atoms with van der Waals surface area (Å²) in [4.78, 5) is 20.4. The molecule has 25 heavy (non-hydrogen) atoms. The zero-order valence-electron chi connectivity index (χ0n) is 14.1. The highest BCUT2D eigenvalue weighted by molar-refractivity contribution is 5.95. The number of anilines is 2. The summed E-state index contributed by atoms with van der Waals surface area (Å²) in [5.41, 5.74) is 9.25. The summed E-state index contributed by atoms with van der Waals surface area (Å²) >= 11 is 0. The first-order chi connectivity index (χ1) is 12.0. The normalized spacial score (nSPS) is 10.6. The lowest BCUT2D eigenvalue weighted by Gasteiger charge is -2.13. The largest absolute Gasteiger partial charge is 0.366 e. The van der Waals surface area contributed by atoms with E-state index in [9.17, 15) is 4.79 Å². The van der Waals surface area contributed by atoms with Gasteiger partial charge in [-0.25, -0.2) is 9.97 Å².